The molecule has 0 bridgehead atoms. The van der Waals surface area contributed by atoms with Gasteiger partial charge in [-0.3, -0.25) is 4.79 Å². The lowest BCUT2D eigenvalue weighted by atomic mass is 10.2. The number of ether oxygens (including phenoxy) is 2. The van der Waals surface area contributed by atoms with Crippen LogP contribution >= 0.6 is 11.3 Å². The Balaban J connectivity index is 1.56. The molecule has 2 heterocycles. The second-order valence-electron chi connectivity index (χ2n) is 5.22. The number of hydrazone groups is 1. The van der Waals surface area contributed by atoms with Gasteiger partial charge in [-0.15, -0.1) is 11.3 Å². The first-order chi connectivity index (χ1) is 12.2. The number of nitrogens with zero attached hydrogens (tertiary/aromatic N) is 2. The number of hydrogen-bond donors (Lipinski definition) is 1. The minimum atomic E-state index is -0.400. The first-order valence-corrected chi connectivity index (χ1v) is 8.62. The third kappa shape index (κ3) is 4.88. The van der Waals surface area contributed by atoms with Gasteiger partial charge in [0.15, 0.2) is 0 Å². The average Bonchev–Trinajstić information content (AvgIpc) is 3.17. The molecule has 1 saturated heterocycles. The van der Waals surface area contributed by atoms with Gasteiger partial charge in [0, 0.05) is 13.1 Å². The van der Waals surface area contributed by atoms with E-state index in [9.17, 15) is 9.59 Å². The Kier molecular flexibility index (Phi) is 5.76. The molecule has 8 heteroatoms. The van der Waals surface area contributed by atoms with E-state index in [2.05, 4.69) is 10.5 Å². The van der Waals surface area contributed by atoms with E-state index in [-0.39, 0.29) is 5.91 Å². The first-order valence-electron chi connectivity index (χ1n) is 7.74. The van der Waals surface area contributed by atoms with Crippen molar-refractivity contribution in [1.29, 1.82) is 0 Å². The van der Waals surface area contributed by atoms with Crippen LogP contribution in [0, 0.1) is 0 Å². The molecule has 0 unspecified atom stereocenters. The van der Waals surface area contributed by atoms with Crippen molar-refractivity contribution >= 4 is 29.6 Å². The van der Waals surface area contributed by atoms with Gasteiger partial charge in [-0.2, -0.15) is 5.10 Å². The van der Waals surface area contributed by atoms with Gasteiger partial charge >= 0.3 is 6.09 Å². The molecule has 0 radical (unpaired) electrons. The minimum absolute atomic E-state index is 0.263. The summed E-state index contributed by atoms with van der Waals surface area (Å²) >= 11 is 1.34. The Hall–Kier alpha value is -2.71. The second-order valence-corrected chi connectivity index (χ2v) is 6.16. The smallest absolute Gasteiger partial charge is 0.410 e. The van der Waals surface area contributed by atoms with E-state index in [1.54, 1.807) is 41.3 Å². The summed E-state index contributed by atoms with van der Waals surface area (Å²) in [7, 11) is 0. The molecular weight excluding hydrogens is 342 g/mol. The number of amides is 2. The number of hydrogen-bond acceptors (Lipinski definition) is 6. The number of nitrogens with one attached hydrogen (secondary N) is 1. The number of morpholine rings is 1. The van der Waals surface area contributed by atoms with Gasteiger partial charge in [0.2, 0.25) is 0 Å². The molecule has 1 N–H and O–H groups in total. The summed E-state index contributed by atoms with van der Waals surface area (Å²) in [4.78, 5) is 26.0. The summed E-state index contributed by atoms with van der Waals surface area (Å²) in [5.74, 6) is 0.158. The molecule has 130 valence electrons. The van der Waals surface area contributed by atoms with Gasteiger partial charge in [0.1, 0.15) is 5.75 Å². The van der Waals surface area contributed by atoms with E-state index < -0.39 is 6.09 Å². The van der Waals surface area contributed by atoms with Gasteiger partial charge in [-0.05, 0) is 29.1 Å². The third-order valence-electron chi connectivity index (χ3n) is 3.46. The Bertz CT molecular complexity index is 755. The number of carbonyl (C=O) groups is 2. The van der Waals surface area contributed by atoms with Crippen LogP contribution in [0.25, 0.3) is 0 Å². The van der Waals surface area contributed by atoms with Crippen molar-refractivity contribution in [2.45, 2.75) is 0 Å². The van der Waals surface area contributed by atoms with Gasteiger partial charge in [0.05, 0.1) is 24.3 Å². The Morgan fingerprint density at radius 3 is 2.84 bits per heavy atom. The predicted molar refractivity (Wildman–Crippen MR) is 94.2 cm³/mol. The van der Waals surface area contributed by atoms with Gasteiger partial charge in [0.25, 0.3) is 5.91 Å². The van der Waals surface area contributed by atoms with Crippen molar-refractivity contribution in [2.75, 3.05) is 26.3 Å². The molecule has 2 aromatic rings. The number of carbonyl (C=O) groups excluding carboxylic acids is 2. The van der Waals surface area contributed by atoms with Crippen molar-refractivity contribution in [2.24, 2.45) is 5.10 Å². The van der Waals surface area contributed by atoms with Gasteiger partial charge in [-0.1, -0.05) is 18.2 Å². The normalized spacial score (nSPS) is 14.5. The monoisotopic (exact) mass is 359 g/mol. The molecule has 1 aliphatic rings. The van der Waals surface area contributed by atoms with Crippen LogP contribution < -0.4 is 10.2 Å². The van der Waals surface area contributed by atoms with Crippen LogP contribution in [0.5, 0.6) is 5.75 Å². The molecular formula is C17H17N3O4S. The van der Waals surface area contributed by atoms with Crippen LogP contribution in [0.15, 0.2) is 46.9 Å². The lowest BCUT2D eigenvalue weighted by Gasteiger charge is -2.25. The molecule has 1 aromatic carbocycles. The van der Waals surface area contributed by atoms with Crippen LogP contribution in [0.3, 0.4) is 0 Å². The summed E-state index contributed by atoms with van der Waals surface area (Å²) in [5, 5.41) is 5.75. The highest BCUT2D eigenvalue weighted by Crippen LogP contribution is 2.14. The number of benzene rings is 1. The Morgan fingerprint density at radius 2 is 2.08 bits per heavy atom. The molecule has 7 nitrogen and oxygen atoms in total. The molecule has 1 aromatic heterocycles. The minimum Gasteiger partial charge on any atom is -0.410 e. The van der Waals surface area contributed by atoms with Gasteiger partial charge in [-0.25, -0.2) is 10.2 Å². The molecule has 0 saturated carbocycles. The van der Waals surface area contributed by atoms with Crippen molar-refractivity contribution in [3.63, 3.8) is 0 Å². The SMILES string of the molecule is O=C(N/N=C\c1cccc(OC(=O)N2CCOCC2)c1)c1cccs1. The number of rotatable bonds is 4. The summed E-state index contributed by atoms with van der Waals surface area (Å²) in [5.41, 5.74) is 3.16. The fraction of sp³-hybridized carbons (Fsp3) is 0.235. The molecule has 0 atom stereocenters. The van der Waals surface area contributed by atoms with Crippen LogP contribution in [0.1, 0.15) is 15.2 Å². The zero-order chi connectivity index (χ0) is 17.5. The Morgan fingerprint density at radius 1 is 1.24 bits per heavy atom. The standard InChI is InChI=1S/C17H17N3O4S/c21-16(15-5-2-10-25-15)19-18-12-13-3-1-4-14(11-13)24-17(22)20-6-8-23-9-7-20/h1-5,10-12H,6-9H2,(H,19,21)/b18-12-. The van der Waals surface area contributed by atoms with E-state index in [0.29, 0.717) is 42.5 Å². The van der Waals surface area contributed by atoms with Crippen molar-refractivity contribution < 1.29 is 19.1 Å². The van der Waals surface area contributed by atoms with Crippen molar-refractivity contribution in [3.8, 4) is 5.75 Å². The van der Waals surface area contributed by atoms with Crippen LogP contribution in [-0.2, 0) is 4.74 Å². The van der Waals surface area contributed by atoms with E-state index in [1.165, 1.54) is 17.6 Å². The summed E-state index contributed by atoms with van der Waals surface area (Å²) in [6.07, 6.45) is 1.10. The molecule has 3 rings (SSSR count). The second kappa shape index (κ2) is 8.41. The van der Waals surface area contributed by atoms with E-state index in [4.69, 9.17) is 9.47 Å². The predicted octanol–water partition coefficient (Wildman–Crippen LogP) is 2.34. The van der Waals surface area contributed by atoms with Crippen LogP contribution in [0.2, 0.25) is 0 Å². The molecule has 2 amide bonds. The quantitative estimate of drug-likeness (QED) is 0.671. The molecule has 1 aliphatic heterocycles. The van der Waals surface area contributed by atoms with Crippen LogP contribution in [0.4, 0.5) is 4.79 Å². The fourth-order valence-electron chi connectivity index (χ4n) is 2.20. The summed E-state index contributed by atoms with van der Waals surface area (Å²) < 4.78 is 10.6. The topological polar surface area (TPSA) is 80.2 Å². The highest BCUT2D eigenvalue weighted by Gasteiger charge is 2.18. The van der Waals surface area contributed by atoms with E-state index in [0.717, 1.165) is 0 Å². The maximum atomic E-state index is 12.1. The summed E-state index contributed by atoms with van der Waals surface area (Å²) in [6, 6.07) is 10.5. The Labute approximate surface area is 148 Å². The average molecular weight is 359 g/mol. The van der Waals surface area contributed by atoms with Crippen molar-refractivity contribution in [3.05, 3.63) is 52.2 Å². The lowest BCUT2D eigenvalue weighted by molar-refractivity contribution is 0.0416. The van der Waals surface area contributed by atoms with Crippen molar-refractivity contribution in [1.82, 2.24) is 10.3 Å². The van der Waals surface area contributed by atoms with Gasteiger partial charge < -0.3 is 14.4 Å². The molecule has 0 aliphatic carbocycles. The third-order valence-corrected chi connectivity index (χ3v) is 4.33. The van der Waals surface area contributed by atoms with E-state index in [1.807, 2.05) is 5.38 Å². The fourth-order valence-corrected chi connectivity index (χ4v) is 2.81. The molecule has 1 fully saturated rings. The van der Waals surface area contributed by atoms with Crippen LogP contribution in [-0.4, -0.2) is 49.4 Å². The molecule has 0 spiro atoms. The first kappa shape index (κ1) is 17.1. The largest absolute Gasteiger partial charge is 0.415 e. The zero-order valence-corrected chi connectivity index (χ0v) is 14.2. The highest BCUT2D eigenvalue weighted by atomic mass is 32.1. The highest BCUT2D eigenvalue weighted by molar-refractivity contribution is 7.12. The lowest BCUT2D eigenvalue weighted by Crippen LogP contribution is -2.42. The number of thiophene rings is 1. The maximum Gasteiger partial charge on any atom is 0.415 e. The zero-order valence-electron chi connectivity index (χ0n) is 13.4. The summed E-state index contributed by atoms with van der Waals surface area (Å²) in [6.45, 7) is 2.08. The maximum absolute atomic E-state index is 12.1. The van der Waals surface area contributed by atoms with E-state index >= 15 is 0 Å². The molecule has 25 heavy (non-hydrogen) atoms.